The van der Waals surface area contributed by atoms with Crippen LogP contribution in [-0.4, -0.2) is 43.7 Å². The van der Waals surface area contributed by atoms with Gasteiger partial charge in [0, 0.05) is 44.1 Å². The molecule has 7 nitrogen and oxygen atoms in total. The first-order valence-electron chi connectivity index (χ1n) is 11.4. The van der Waals surface area contributed by atoms with E-state index < -0.39 is 5.82 Å². The summed E-state index contributed by atoms with van der Waals surface area (Å²) >= 11 is 0. The van der Waals surface area contributed by atoms with Crippen molar-refractivity contribution in [3.05, 3.63) is 93.2 Å². The highest BCUT2D eigenvalue weighted by Gasteiger charge is 2.33. The first kappa shape index (κ1) is 21.5. The summed E-state index contributed by atoms with van der Waals surface area (Å²) in [5, 5.41) is 0. The lowest BCUT2D eigenvalue weighted by Gasteiger charge is -2.36. The standard InChI is InChI=1S/C25H26FN5O2/c26-20-6-2-1-5-18(20)25(33)31-13-4-3-7-22(31)23-28-21-16-30(14-10-19(21)24(32)29-23)15-17-8-11-27-12-9-17/h1-2,5-6,8-9,11-12,22H,3-4,7,10,13-16H2,(H,28,29,32)/t22-/m1/s1. The van der Waals surface area contributed by atoms with Gasteiger partial charge in [0.05, 0.1) is 17.3 Å². The molecule has 8 heteroatoms. The molecular formula is C25H26FN5O2. The number of pyridine rings is 1. The van der Waals surface area contributed by atoms with Gasteiger partial charge in [0.25, 0.3) is 11.5 Å². The maximum Gasteiger partial charge on any atom is 0.257 e. The Morgan fingerprint density at radius 3 is 2.76 bits per heavy atom. The van der Waals surface area contributed by atoms with Crippen LogP contribution in [0.25, 0.3) is 0 Å². The fraction of sp³-hybridized carbons (Fsp3) is 0.360. The Labute approximate surface area is 191 Å². The van der Waals surface area contributed by atoms with Gasteiger partial charge in [-0.1, -0.05) is 12.1 Å². The predicted octanol–water partition coefficient (Wildman–Crippen LogP) is 3.23. The number of likely N-dealkylation sites (tertiary alicyclic amines) is 1. The van der Waals surface area contributed by atoms with E-state index in [9.17, 15) is 14.0 Å². The molecular weight excluding hydrogens is 421 g/mol. The van der Waals surface area contributed by atoms with E-state index in [1.165, 1.54) is 12.1 Å². The number of nitrogens with zero attached hydrogens (tertiary/aromatic N) is 4. The third-order valence-corrected chi connectivity index (χ3v) is 6.51. The molecule has 0 spiro atoms. The molecule has 1 saturated heterocycles. The van der Waals surface area contributed by atoms with Crippen molar-refractivity contribution in [3.63, 3.8) is 0 Å². The van der Waals surface area contributed by atoms with Crippen molar-refractivity contribution < 1.29 is 9.18 Å². The second-order valence-electron chi connectivity index (χ2n) is 8.68. The zero-order valence-electron chi connectivity index (χ0n) is 18.3. The van der Waals surface area contributed by atoms with E-state index in [0.29, 0.717) is 37.3 Å². The van der Waals surface area contributed by atoms with Gasteiger partial charge >= 0.3 is 0 Å². The van der Waals surface area contributed by atoms with Crippen molar-refractivity contribution in [1.29, 1.82) is 0 Å². The largest absolute Gasteiger partial charge is 0.328 e. The van der Waals surface area contributed by atoms with Gasteiger partial charge in [-0.05, 0) is 55.5 Å². The van der Waals surface area contributed by atoms with Gasteiger partial charge in [0.2, 0.25) is 0 Å². The minimum absolute atomic E-state index is 0.0493. The van der Waals surface area contributed by atoms with E-state index in [1.54, 1.807) is 29.4 Å². The molecule has 3 aromatic rings. The molecule has 1 aromatic carbocycles. The summed E-state index contributed by atoms with van der Waals surface area (Å²) in [6.07, 6.45) is 6.62. The predicted molar refractivity (Wildman–Crippen MR) is 121 cm³/mol. The fourth-order valence-electron chi connectivity index (χ4n) is 4.80. The molecule has 1 N–H and O–H groups in total. The summed E-state index contributed by atoms with van der Waals surface area (Å²) in [5.41, 5.74) is 2.55. The average Bonchev–Trinajstić information content (AvgIpc) is 2.84. The molecule has 1 atom stereocenters. The summed E-state index contributed by atoms with van der Waals surface area (Å²) in [6.45, 7) is 2.61. The molecule has 0 aliphatic carbocycles. The first-order valence-corrected chi connectivity index (χ1v) is 11.4. The maximum atomic E-state index is 14.3. The minimum atomic E-state index is -0.537. The van der Waals surface area contributed by atoms with Crippen LogP contribution in [0.3, 0.4) is 0 Å². The molecule has 1 fully saturated rings. The van der Waals surface area contributed by atoms with E-state index in [4.69, 9.17) is 4.98 Å². The number of H-pyrrole nitrogens is 1. The van der Waals surface area contributed by atoms with Gasteiger partial charge < -0.3 is 9.88 Å². The molecule has 2 aromatic heterocycles. The Morgan fingerprint density at radius 1 is 1.12 bits per heavy atom. The summed E-state index contributed by atoms with van der Waals surface area (Å²) in [6, 6.07) is 9.62. The van der Waals surface area contributed by atoms with Crippen LogP contribution < -0.4 is 5.56 Å². The van der Waals surface area contributed by atoms with Gasteiger partial charge in [0.15, 0.2) is 0 Å². The van der Waals surface area contributed by atoms with E-state index in [2.05, 4.69) is 14.9 Å². The molecule has 2 aliphatic rings. The van der Waals surface area contributed by atoms with Gasteiger partial charge in [-0.25, -0.2) is 9.37 Å². The number of aromatic nitrogens is 3. The second kappa shape index (κ2) is 9.23. The quantitative estimate of drug-likeness (QED) is 0.664. The normalized spacial score (nSPS) is 18.7. The summed E-state index contributed by atoms with van der Waals surface area (Å²) in [4.78, 5) is 41.9. The molecule has 2 aliphatic heterocycles. The lowest BCUT2D eigenvalue weighted by Crippen LogP contribution is -2.41. The summed E-state index contributed by atoms with van der Waals surface area (Å²) < 4.78 is 14.3. The number of hydrogen-bond acceptors (Lipinski definition) is 5. The first-order chi connectivity index (χ1) is 16.1. The van der Waals surface area contributed by atoms with Crippen LogP contribution in [0, 0.1) is 5.82 Å². The average molecular weight is 448 g/mol. The Kier molecular flexibility index (Phi) is 6.00. The Hall–Kier alpha value is -3.39. The molecule has 0 saturated carbocycles. The SMILES string of the molecule is O=C(c1ccccc1F)N1CCCC[C@@H]1c1nc2c(c(=O)[nH]1)CCN(Cc1ccncc1)C2. The number of rotatable bonds is 4. The third-order valence-electron chi connectivity index (χ3n) is 6.51. The highest BCUT2D eigenvalue weighted by atomic mass is 19.1. The number of halogens is 1. The monoisotopic (exact) mass is 447 g/mol. The van der Waals surface area contributed by atoms with Crippen molar-refractivity contribution in [2.75, 3.05) is 13.1 Å². The highest BCUT2D eigenvalue weighted by molar-refractivity contribution is 5.94. The number of nitrogens with one attached hydrogen (secondary N) is 1. The topological polar surface area (TPSA) is 82.2 Å². The number of piperidine rings is 1. The van der Waals surface area contributed by atoms with Crippen LogP contribution in [0.5, 0.6) is 0 Å². The number of benzene rings is 1. The van der Waals surface area contributed by atoms with E-state index in [0.717, 1.165) is 37.2 Å². The number of aromatic amines is 1. The summed E-state index contributed by atoms with van der Waals surface area (Å²) in [7, 11) is 0. The zero-order valence-corrected chi connectivity index (χ0v) is 18.3. The number of hydrogen-bond donors (Lipinski definition) is 1. The van der Waals surface area contributed by atoms with Crippen LogP contribution in [0.1, 0.15) is 58.3 Å². The molecule has 4 heterocycles. The molecule has 1 amide bonds. The second-order valence-corrected chi connectivity index (χ2v) is 8.68. The van der Waals surface area contributed by atoms with Crippen LogP contribution in [0.4, 0.5) is 4.39 Å². The minimum Gasteiger partial charge on any atom is -0.328 e. The lowest BCUT2D eigenvalue weighted by molar-refractivity contribution is 0.0593. The molecule has 0 radical (unpaired) electrons. The van der Waals surface area contributed by atoms with E-state index >= 15 is 0 Å². The third kappa shape index (κ3) is 4.43. The van der Waals surface area contributed by atoms with Crippen molar-refractivity contribution in [1.82, 2.24) is 24.8 Å². The Morgan fingerprint density at radius 2 is 1.94 bits per heavy atom. The van der Waals surface area contributed by atoms with Gasteiger partial charge in [-0.3, -0.25) is 19.5 Å². The molecule has 0 unspecified atom stereocenters. The number of carbonyl (C=O) groups is 1. The van der Waals surface area contributed by atoms with Crippen LogP contribution >= 0.6 is 0 Å². The van der Waals surface area contributed by atoms with Crippen LogP contribution in [-0.2, 0) is 19.5 Å². The number of amides is 1. The van der Waals surface area contributed by atoms with Crippen LogP contribution in [0.15, 0.2) is 53.6 Å². The maximum absolute atomic E-state index is 14.3. The van der Waals surface area contributed by atoms with Crippen LogP contribution in [0.2, 0.25) is 0 Å². The molecule has 0 bridgehead atoms. The smallest absolute Gasteiger partial charge is 0.257 e. The number of carbonyl (C=O) groups excluding carboxylic acids is 1. The lowest BCUT2D eigenvalue weighted by atomic mass is 9.99. The molecule has 170 valence electrons. The van der Waals surface area contributed by atoms with Gasteiger partial charge in [-0.15, -0.1) is 0 Å². The number of fused-ring (bicyclic) bond motifs is 1. The van der Waals surface area contributed by atoms with E-state index in [1.807, 2.05) is 12.1 Å². The van der Waals surface area contributed by atoms with Crippen molar-refractivity contribution in [2.24, 2.45) is 0 Å². The van der Waals surface area contributed by atoms with Gasteiger partial charge in [0.1, 0.15) is 11.6 Å². The van der Waals surface area contributed by atoms with Crippen molar-refractivity contribution in [2.45, 2.75) is 44.8 Å². The Balaban J connectivity index is 1.42. The summed E-state index contributed by atoms with van der Waals surface area (Å²) in [5.74, 6) is -0.406. The van der Waals surface area contributed by atoms with Crippen molar-refractivity contribution in [3.8, 4) is 0 Å². The highest BCUT2D eigenvalue weighted by Crippen LogP contribution is 2.31. The zero-order chi connectivity index (χ0) is 22.8. The molecule has 33 heavy (non-hydrogen) atoms. The van der Waals surface area contributed by atoms with Crippen molar-refractivity contribution >= 4 is 5.91 Å². The molecule has 5 rings (SSSR count). The fourth-order valence-corrected chi connectivity index (χ4v) is 4.80. The Bertz CT molecular complexity index is 1210. The van der Waals surface area contributed by atoms with E-state index in [-0.39, 0.29) is 23.1 Å². The van der Waals surface area contributed by atoms with Gasteiger partial charge in [-0.2, -0.15) is 0 Å².